The molecule has 2 aliphatic carbocycles. The van der Waals surface area contributed by atoms with Crippen molar-refractivity contribution in [2.24, 2.45) is 11.8 Å². The molecule has 0 aliphatic heterocycles. The molecule has 1 heteroatoms. The quantitative estimate of drug-likeness (QED) is 0.595. The third kappa shape index (κ3) is 2.16. The average Bonchev–Trinajstić information content (AvgIpc) is 2.43. The van der Waals surface area contributed by atoms with Crippen molar-refractivity contribution in [1.29, 1.82) is 0 Å². The molecule has 2 aliphatic rings. The first-order chi connectivity index (χ1) is 7.20. The van der Waals surface area contributed by atoms with E-state index in [4.69, 9.17) is 0 Å². The van der Waals surface area contributed by atoms with E-state index in [1.165, 1.54) is 38.5 Å². The van der Waals surface area contributed by atoms with E-state index >= 15 is 0 Å². The van der Waals surface area contributed by atoms with Crippen LogP contribution in [-0.2, 0) is 4.79 Å². The third-order valence-electron chi connectivity index (χ3n) is 4.31. The molecule has 1 nitrogen and oxygen atoms in total. The maximum Gasteiger partial charge on any atom is 0.133 e. The van der Waals surface area contributed by atoms with Gasteiger partial charge in [-0.25, -0.2) is 0 Å². The zero-order valence-electron chi connectivity index (χ0n) is 10.0. The van der Waals surface area contributed by atoms with Crippen LogP contribution in [0.1, 0.15) is 58.8 Å². The SMILES string of the molecule is CC(=O)C1CCC2=C(CCCCC2)C1C. The van der Waals surface area contributed by atoms with Crippen LogP contribution < -0.4 is 0 Å². The summed E-state index contributed by atoms with van der Waals surface area (Å²) in [5.74, 6) is 1.25. The highest BCUT2D eigenvalue weighted by Gasteiger charge is 2.31. The third-order valence-corrected chi connectivity index (χ3v) is 4.31. The minimum absolute atomic E-state index is 0.321. The Kier molecular flexibility index (Phi) is 3.28. The highest BCUT2D eigenvalue weighted by molar-refractivity contribution is 5.79. The smallest absolute Gasteiger partial charge is 0.133 e. The molecule has 0 saturated heterocycles. The fourth-order valence-electron chi connectivity index (χ4n) is 3.38. The summed E-state index contributed by atoms with van der Waals surface area (Å²) in [6.45, 7) is 4.04. The fraction of sp³-hybridized carbons (Fsp3) is 0.786. The Balaban J connectivity index is 2.20. The zero-order valence-corrected chi connectivity index (χ0v) is 10.0. The maximum atomic E-state index is 11.5. The lowest BCUT2D eigenvalue weighted by Gasteiger charge is -2.31. The van der Waals surface area contributed by atoms with Crippen LogP contribution in [0.15, 0.2) is 11.1 Å². The van der Waals surface area contributed by atoms with E-state index in [1.54, 1.807) is 18.1 Å². The molecule has 0 N–H and O–H groups in total. The van der Waals surface area contributed by atoms with E-state index in [0.29, 0.717) is 17.6 Å². The second-order valence-corrected chi connectivity index (χ2v) is 5.23. The Morgan fingerprint density at radius 3 is 2.60 bits per heavy atom. The summed E-state index contributed by atoms with van der Waals surface area (Å²) >= 11 is 0. The van der Waals surface area contributed by atoms with Crippen LogP contribution in [0.25, 0.3) is 0 Å². The molecule has 0 spiro atoms. The predicted octanol–water partition coefficient (Wildman–Crippen LogP) is 3.88. The molecule has 2 unspecified atom stereocenters. The molecule has 15 heavy (non-hydrogen) atoms. The predicted molar refractivity (Wildman–Crippen MR) is 62.7 cm³/mol. The summed E-state index contributed by atoms with van der Waals surface area (Å²) < 4.78 is 0. The Labute approximate surface area is 92.9 Å². The first-order valence-corrected chi connectivity index (χ1v) is 6.41. The maximum absolute atomic E-state index is 11.5. The van der Waals surface area contributed by atoms with Gasteiger partial charge in [0.25, 0.3) is 0 Å². The van der Waals surface area contributed by atoms with Gasteiger partial charge in [-0.05, 0) is 51.4 Å². The molecule has 0 bridgehead atoms. The standard InChI is InChI=1S/C14H22O/c1-10-13(11(2)15)9-8-12-6-4-3-5-7-14(10)12/h10,13H,3-9H2,1-2H3. The van der Waals surface area contributed by atoms with E-state index < -0.39 is 0 Å². The second-order valence-electron chi connectivity index (χ2n) is 5.23. The van der Waals surface area contributed by atoms with Crippen LogP contribution in [0.4, 0.5) is 0 Å². The van der Waals surface area contributed by atoms with Crippen molar-refractivity contribution in [2.75, 3.05) is 0 Å². The van der Waals surface area contributed by atoms with Gasteiger partial charge >= 0.3 is 0 Å². The molecular weight excluding hydrogens is 184 g/mol. The molecule has 0 radical (unpaired) electrons. The molecule has 0 fully saturated rings. The van der Waals surface area contributed by atoms with Crippen LogP contribution in [0.3, 0.4) is 0 Å². The number of carbonyl (C=O) groups is 1. The summed E-state index contributed by atoms with van der Waals surface area (Å²) in [5.41, 5.74) is 3.36. The van der Waals surface area contributed by atoms with E-state index in [1.807, 2.05) is 0 Å². The van der Waals surface area contributed by atoms with Gasteiger partial charge in [-0.15, -0.1) is 0 Å². The van der Waals surface area contributed by atoms with Crippen molar-refractivity contribution in [3.63, 3.8) is 0 Å². The minimum Gasteiger partial charge on any atom is -0.300 e. The van der Waals surface area contributed by atoms with E-state index in [0.717, 1.165) is 6.42 Å². The molecule has 0 aromatic carbocycles. The molecule has 0 aromatic rings. The highest BCUT2D eigenvalue weighted by atomic mass is 16.1. The monoisotopic (exact) mass is 206 g/mol. The first-order valence-electron chi connectivity index (χ1n) is 6.41. The molecule has 0 saturated carbocycles. The highest BCUT2D eigenvalue weighted by Crippen LogP contribution is 2.41. The zero-order chi connectivity index (χ0) is 10.8. The average molecular weight is 206 g/mol. The van der Waals surface area contributed by atoms with E-state index in [9.17, 15) is 4.79 Å². The van der Waals surface area contributed by atoms with E-state index in [2.05, 4.69) is 6.92 Å². The molecule has 84 valence electrons. The summed E-state index contributed by atoms with van der Waals surface area (Å²) in [6, 6.07) is 0. The van der Waals surface area contributed by atoms with Gasteiger partial charge in [0.2, 0.25) is 0 Å². The van der Waals surface area contributed by atoms with Crippen LogP contribution in [0, 0.1) is 11.8 Å². The van der Waals surface area contributed by atoms with Gasteiger partial charge in [-0.2, -0.15) is 0 Å². The van der Waals surface area contributed by atoms with Crippen LogP contribution in [0.5, 0.6) is 0 Å². The lowest BCUT2D eigenvalue weighted by molar-refractivity contribution is -0.122. The summed E-state index contributed by atoms with van der Waals surface area (Å²) in [7, 11) is 0. The van der Waals surface area contributed by atoms with Crippen LogP contribution in [-0.4, -0.2) is 5.78 Å². The van der Waals surface area contributed by atoms with Crippen molar-refractivity contribution in [3.8, 4) is 0 Å². The fourth-order valence-corrected chi connectivity index (χ4v) is 3.38. The van der Waals surface area contributed by atoms with Gasteiger partial charge in [0.15, 0.2) is 0 Å². The van der Waals surface area contributed by atoms with Gasteiger partial charge in [0, 0.05) is 5.92 Å². The van der Waals surface area contributed by atoms with Gasteiger partial charge in [-0.1, -0.05) is 24.5 Å². The lowest BCUT2D eigenvalue weighted by Crippen LogP contribution is -2.25. The van der Waals surface area contributed by atoms with Gasteiger partial charge in [-0.3, -0.25) is 4.79 Å². The molecule has 0 amide bonds. The van der Waals surface area contributed by atoms with Crippen LogP contribution >= 0.6 is 0 Å². The van der Waals surface area contributed by atoms with Crippen molar-refractivity contribution >= 4 is 5.78 Å². The Bertz CT molecular complexity index is 288. The van der Waals surface area contributed by atoms with Crippen molar-refractivity contribution in [1.82, 2.24) is 0 Å². The minimum atomic E-state index is 0.321. The molecule has 2 atom stereocenters. The summed E-state index contributed by atoms with van der Waals surface area (Å²) in [5, 5.41) is 0. The van der Waals surface area contributed by atoms with Gasteiger partial charge in [0.05, 0.1) is 0 Å². The molecule has 2 rings (SSSR count). The van der Waals surface area contributed by atoms with E-state index in [-0.39, 0.29) is 0 Å². The summed E-state index contributed by atoms with van der Waals surface area (Å²) in [6.07, 6.45) is 8.97. The number of ketones is 1. The van der Waals surface area contributed by atoms with Crippen LogP contribution in [0.2, 0.25) is 0 Å². The first kappa shape index (κ1) is 10.9. The topological polar surface area (TPSA) is 17.1 Å². The van der Waals surface area contributed by atoms with Gasteiger partial charge in [0.1, 0.15) is 5.78 Å². The van der Waals surface area contributed by atoms with Crippen molar-refractivity contribution < 1.29 is 4.79 Å². The number of Topliss-reactive ketones (excluding diaryl/α,β-unsaturated/α-hetero) is 1. The molecule has 0 aromatic heterocycles. The Hall–Kier alpha value is -0.590. The number of hydrogen-bond donors (Lipinski definition) is 0. The van der Waals surface area contributed by atoms with Crippen molar-refractivity contribution in [3.05, 3.63) is 11.1 Å². The van der Waals surface area contributed by atoms with Gasteiger partial charge < -0.3 is 0 Å². The normalized spacial score (nSPS) is 32.1. The number of allylic oxidation sites excluding steroid dienone is 2. The summed E-state index contributed by atoms with van der Waals surface area (Å²) in [4.78, 5) is 11.5. The second kappa shape index (κ2) is 4.51. The molecular formula is C14H22O. The molecule has 0 heterocycles. The Morgan fingerprint density at radius 1 is 1.13 bits per heavy atom. The number of rotatable bonds is 1. The number of hydrogen-bond acceptors (Lipinski definition) is 1. The largest absolute Gasteiger partial charge is 0.300 e. The van der Waals surface area contributed by atoms with Crippen molar-refractivity contribution in [2.45, 2.75) is 58.8 Å². The number of carbonyl (C=O) groups excluding carboxylic acids is 1. The lowest BCUT2D eigenvalue weighted by atomic mass is 9.73. The Morgan fingerprint density at radius 2 is 1.87 bits per heavy atom.